The van der Waals surface area contributed by atoms with Gasteiger partial charge in [0.05, 0.1) is 7.11 Å². The van der Waals surface area contributed by atoms with Crippen LogP contribution >= 0.6 is 0 Å². The van der Waals surface area contributed by atoms with Gasteiger partial charge in [0, 0.05) is 56.0 Å². The van der Waals surface area contributed by atoms with Gasteiger partial charge in [-0.25, -0.2) is 9.50 Å². The van der Waals surface area contributed by atoms with Crippen molar-refractivity contribution in [3.8, 4) is 16.9 Å². The minimum absolute atomic E-state index is 0.0185. The second-order valence-electron chi connectivity index (χ2n) is 10.8. The predicted molar refractivity (Wildman–Crippen MR) is 159 cm³/mol. The number of carbonyl (C=O) groups is 1. The van der Waals surface area contributed by atoms with Crippen LogP contribution in [0.15, 0.2) is 66.9 Å². The minimum Gasteiger partial charge on any atom is -0.497 e. The average Bonchev–Trinajstić information content (AvgIpc) is 3.44. The number of fused-ring (bicyclic) bond motifs is 1. The molecule has 5 rings (SSSR count). The number of hydrogen-bond donors (Lipinski definition) is 1. The number of rotatable bonds is 10. The third kappa shape index (κ3) is 6.35. The van der Waals surface area contributed by atoms with Gasteiger partial charge in [0.2, 0.25) is 0 Å². The second-order valence-corrected chi connectivity index (χ2v) is 10.8. The molecule has 1 saturated heterocycles. The van der Waals surface area contributed by atoms with Crippen LogP contribution in [0.5, 0.6) is 5.75 Å². The molecule has 0 bridgehead atoms. The summed E-state index contributed by atoms with van der Waals surface area (Å²) in [6.45, 7) is 10.5. The lowest BCUT2D eigenvalue weighted by molar-refractivity contribution is 0.0949. The van der Waals surface area contributed by atoms with Crippen molar-refractivity contribution >= 4 is 11.6 Å². The summed E-state index contributed by atoms with van der Waals surface area (Å²) >= 11 is 0. The Balaban J connectivity index is 1.23. The molecule has 8 nitrogen and oxygen atoms in total. The van der Waals surface area contributed by atoms with Crippen molar-refractivity contribution in [1.82, 2.24) is 29.7 Å². The zero-order valence-electron chi connectivity index (χ0n) is 24.0. The molecule has 40 heavy (non-hydrogen) atoms. The van der Waals surface area contributed by atoms with Gasteiger partial charge < -0.3 is 19.9 Å². The van der Waals surface area contributed by atoms with Crippen molar-refractivity contribution < 1.29 is 9.53 Å². The molecular formula is C32H40N6O2. The van der Waals surface area contributed by atoms with Crippen molar-refractivity contribution in [2.75, 3.05) is 53.4 Å². The normalized spacial score (nSPS) is 16.1. The molecule has 0 radical (unpaired) electrons. The molecule has 0 spiro atoms. The number of aromatic nitrogens is 3. The largest absolute Gasteiger partial charge is 0.497 e. The molecular weight excluding hydrogens is 500 g/mol. The lowest BCUT2D eigenvalue weighted by Gasteiger charge is -2.32. The van der Waals surface area contributed by atoms with E-state index in [2.05, 4.69) is 48.1 Å². The minimum atomic E-state index is -0.0185. The number of nitrogens with zero attached hydrogens (tertiary/aromatic N) is 5. The fourth-order valence-corrected chi connectivity index (χ4v) is 5.27. The highest BCUT2D eigenvalue weighted by molar-refractivity contribution is 5.94. The Morgan fingerprint density at radius 3 is 2.52 bits per heavy atom. The Kier molecular flexibility index (Phi) is 8.77. The summed E-state index contributed by atoms with van der Waals surface area (Å²) < 4.78 is 7.16. The van der Waals surface area contributed by atoms with E-state index in [1.54, 1.807) is 7.11 Å². The van der Waals surface area contributed by atoms with Crippen LogP contribution in [-0.4, -0.2) is 83.7 Å². The SMILES string of the molecule is COc1ccc(-c2cccn3nc(C(C)C(C)c4cccc(C(=O)NCCCN5CCN(C)CC5)c4)nc23)cc1. The van der Waals surface area contributed by atoms with Crippen LogP contribution in [0.1, 0.15) is 53.8 Å². The summed E-state index contributed by atoms with van der Waals surface area (Å²) in [5, 5.41) is 7.93. The number of amides is 1. The standard InChI is InChI=1S/C32H40N6O2/c1-23(26-8-5-9-27(22-26)32(39)33-15-7-16-37-20-18-36(3)19-21-37)24(2)30-34-31-29(10-6-17-38(31)35-30)25-11-13-28(40-4)14-12-25/h5-6,8-14,17,22-24H,7,15-16,18-21H2,1-4H3,(H,33,39). The Morgan fingerprint density at radius 1 is 1.00 bits per heavy atom. The van der Waals surface area contributed by atoms with Crippen LogP contribution in [0.25, 0.3) is 16.8 Å². The van der Waals surface area contributed by atoms with Crippen molar-refractivity contribution in [2.45, 2.75) is 32.1 Å². The second kappa shape index (κ2) is 12.6. The molecule has 1 fully saturated rings. The van der Waals surface area contributed by atoms with E-state index in [9.17, 15) is 4.79 Å². The third-order valence-electron chi connectivity index (χ3n) is 8.14. The molecule has 1 N–H and O–H groups in total. The third-order valence-corrected chi connectivity index (χ3v) is 8.14. The van der Waals surface area contributed by atoms with Crippen LogP contribution in [0, 0.1) is 0 Å². The molecule has 2 unspecified atom stereocenters. The number of benzene rings is 2. The summed E-state index contributed by atoms with van der Waals surface area (Å²) in [5.41, 5.74) is 4.71. The Hall–Kier alpha value is -3.75. The van der Waals surface area contributed by atoms with Gasteiger partial charge in [-0.3, -0.25) is 4.79 Å². The Labute approximate surface area is 237 Å². The quantitative estimate of drug-likeness (QED) is 0.295. The molecule has 210 valence electrons. The first kappa shape index (κ1) is 27.8. The summed E-state index contributed by atoms with van der Waals surface area (Å²) in [7, 11) is 3.84. The van der Waals surface area contributed by atoms with Crippen LogP contribution in [0.2, 0.25) is 0 Å². The van der Waals surface area contributed by atoms with Gasteiger partial charge in [-0.15, -0.1) is 0 Å². The van der Waals surface area contributed by atoms with Crippen molar-refractivity contribution in [2.24, 2.45) is 0 Å². The number of nitrogens with one attached hydrogen (secondary N) is 1. The summed E-state index contributed by atoms with van der Waals surface area (Å²) in [5.74, 6) is 1.78. The highest BCUT2D eigenvalue weighted by Crippen LogP contribution is 2.33. The number of carbonyl (C=O) groups excluding carboxylic acids is 1. The summed E-state index contributed by atoms with van der Waals surface area (Å²) in [4.78, 5) is 22.7. The summed E-state index contributed by atoms with van der Waals surface area (Å²) in [6.07, 6.45) is 2.89. The first-order chi connectivity index (χ1) is 19.4. The highest BCUT2D eigenvalue weighted by atomic mass is 16.5. The lowest BCUT2D eigenvalue weighted by Crippen LogP contribution is -2.45. The van der Waals surface area contributed by atoms with Gasteiger partial charge in [0.15, 0.2) is 11.5 Å². The van der Waals surface area contributed by atoms with E-state index in [1.807, 2.05) is 59.2 Å². The maximum atomic E-state index is 12.9. The van der Waals surface area contributed by atoms with Crippen molar-refractivity contribution in [1.29, 1.82) is 0 Å². The van der Waals surface area contributed by atoms with Crippen LogP contribution in [0.3, 0.4) is 0 Å². The molecule has 1 aliphatic rings. The Bertz CT molecular complexity index is 1430. The van der Waals surface area contributed by atoms with E-state index in [0.717, 1.165) is 73.1 Å². The molecule has 2 aromatic carbocycles. The van der Waals surface area contributed by atoms with E-state index in [1.165, 1.54) is 0 Å². The van der Waals surface area contributed by atoms with Crippen LogP contribution < -0.4 is 10.1 Å². The summed E-state index contributed by atoms with van der Waals surface area (Å²) in [6, 6.07) is 20.0. The average molecular weight is 541 g/mol. The highest BCUT2D eigenvalue weighted by Gasteiger charge is 2.22. The van der Waals surface area contributed by atoms with Gasteiger partial charge in [-0.05, 0) is 73.5 Å². The van der Waals surface area contributed by atoms with Crippen LogP contribution in [-0.2, 0) is 0 Å². The predicted octanol–water partition coefficient (Wildman–Crippen LogP) is 4.68. The van der Waals surface area contributed by atoms with Gasteiger partial charge >= 0.3 is 0 Å². The van der Waals surface area contributed by atoms with Gasteiger partial charge in [-0.2, -0.15) is 5.10 Å². The van der Waals surface area contributed by atoms with Gasteiger partial charge in [-0.1, -0.05) is 38.1 Å². The molecule has 1 aliphatic heterocycles. The maximum absolute atomic E-state index is 12.9. The fourth-order valence-electron chi connectivity index (χ4n) is 5.27. The number of methoxy groups -OCH3 is 1. The molecule has 4 aromatic rings. The number of ether oxygens (including phenoxy) is 1. The van der Waals surface area contributed by atoms with Gasteiger partial charge in [0.25, 0.3) is 5.91 Å². The van der Waals surface area contributed by atoms with Crippen molar-refractivity contribution in [3.05, 3.63) is 83.8 Å². The zero-order valence-corrected chi connectivity index (χ0v) is 24.0. The first-order valence-electron chi connectivity index (χ1n) is 14.2. The monoisotopic (exact) mass is 540 g/mol. The van der Waals surface area contributed by atoms with E-state index >= 15 is 0 Å². The smallest absolute Gasteiger partial charge is 0.251 e. The topological polar surface area (TPSA) is 75.0 Å². The molecule has 1 amide bonds. The van der Waals surface area contributed by atoms with Crippen LogP contribution in [0.4, 0.5) is 0 Å². The number of hydrogen-bond acceptors (Lipinski definition) is 6. The maximum Gasteiger partial charge on any atom is 0.251 e. The molecule has 2 atom stereocenters. The number of pyridine rings is 1. The molecule has 0 saturated carbocycles. The number of piperazine rings is 1. The number of likely N-dealkylation sites (N-methyl/N-ethyl adjacent to an activating group) is 1. The zero-order chi connectivity index (χ0) is 28.1. The van der Waals surface area contributed by atoms with Crippen molar-refractivity contribution in [3.63, 3.8) is 0 Å². The lowest BCUT2D eigenvalue weighted by atomic mass is 9.87. The van der Waals surface area contributed by atoms with E-state index in [4.69, 9.17) is 14.8 Å². The molecule has 2 aromatic heterocycles. The molecule has 0 aliphatic carbocycles. The molecule has 3 heterocycles. The van der Waals surface area contributed by atoms with Gasteiger partial charge in [0.1, 0.15) is 5.75 Å². The first-order valence-corrected chi connectivity index (χ1v) is 14.2. The fraction of sp³-hybridized carbons (Fsp3) is 0.406. The Morgan fingerprint density at radius 2 is 1.77 bits per heavy atom. The van der Waals surface area contributed by atoms with E-state index in [-0.39, 0.29) is 17.7 Å². The molecule has 8 heteroatoms. The van der Waals surface area contributed by atoms with E-state index < -0.39 is 0 Å². The van der Waals surface area contributed by atoms with E-state index in [0.29, 0.717) is 12.1 Å².